The quantitative estimate of drug-likeness (QED) is 0.620. The van der Waals surface area contributed by atoms with Gasteiger partial charge < -0.3 is 9.64 Å². The third kappa shape index (κ3) is 4.37. The molecule has 0 bridgehead atoms. The fourth-order valence-corrected chi connectivity index (χ4v) is 3.06. The van der Waals surface area contributed by atoms with Crippen LogP contribution in [0.1, 0.15) is 4.88 Å². The summed E-state index contributed by atoms with van der Waals surface area (Å²) in [6.45, 7) is 0.506. The second-order valence-corrected chi connectivity index (χ2v) is 6.61. The van der Waals surface area contributed by atoms with E-state index in [1.807, 2.05) is 47.8 Å². The number of amides is 1. The molecular formula is C19H16ClNO2S. The standard InChI is InChI=1S/C19H16ClNO2S/c20-15-8-10-17(11-9-15)23-14-19(22)21(13-18-7-4-12-24-18)16-5-2-1-3-6-16/h1-12H,13-14H2. The summed E-state index contributed by atoms with van der Waals surface area (Å²) in [5.74, 6) is 0.529. The van der Waals surface area contributed by atoms with Gasteiger partial charge >= 0.3 is 0 Å². The molecule has 3 rings (SSSR count). The highest BCUT2D eigenvalue weighted by molar-refractivity contribution is 7.09. The molecule has 0 spiro atoms. The second-order valence-electron chi connectivity index (χ2n) is 5.14. The number of benzene rings is 2. The number of para-hydroxylation sites is 1. The summed E-state index contributed by atoms with van der Waals surface area (Å²) in [7, 11) is 0. The van der Waals surface area contributed by atoms with E-state index in [0.717, 1.165) is 10.6 Å². The van der Waals surface area contributed by atoms with Crippen molar-refractivity contribution in [1.29, 1.82) is 0 Å². The summed E-state index contributed by atoms with van der Waals surface area (Å²) in [6.07, 6.45) is 0. The molecule has 0 saturated carbocycles. The van der Waals surface area contributed by atoms with Crippen LogP contribution in [0.5, 0.6) is 5.75 Å². The van der Waals surface area contributed by atoms with Gasteiger partial charge in [0.15, 0.2) is 6.61 Å². The van der Waals surface area contributed by atoms with E-state index in [9.17, 15) is 4.79 Å². The maximum atomic E-state index is 12.7. The Labute approximate surface area is 150 Å². The minimum absolute atomic E-state index is 0.0259. The first-order valence-corrected chi connectivity index (χ1v) is 8.74. The summed E-state index contributed by atoms with van der Waals surface area (Å²) < 4.78 is 5.60. The van der Waals surface area contributed by atoms with Crippen LogP contribution in [0.3, 0.4) is 0 Å². The van der Waals surface area contributed by atoms with Gasteiger partial charge in [0.25, 0.3) is 5.91 Å². The maximum absolute atomic E-state index is 12.7. The monoisotopic (exact) mass is 357 g/mol. The number of rotatable bonds is 6. The molecule has 0 atom stereocenters. The van der Waals surface area contributed by atoms with Gasteiger partial charge in [-0.15, -0.1) is 11.3 Å². The van der Waals surface area contributed by atoms with Gasteiger partial charge in [-0.3, -0.25) is 4.79 Å². The van der Waals surface area contributed by atoms with Gasteiger partial charge in [0.1, 0.15) is 5.75 Å². The van der Waals surface area contributed by atoms with Crippen LogP contribution in [-0.2, 0) is 11.3 Å². The van der Waals surface area contributed by atoms with Crippen LogP contribution in [0.25, 0.3) is 0 Å². The van der Waals surface area contributed by atoms with Crippen LogP contribution in [-0.4, -0.2) is 12.5 Å². The highest BCUT2D eigenvalue weighted by Crippen LogP contribution is 2.20. The molecule has 1 heterocycles. The van der Waals surface area contributed by atoms with Gasteiger partial charge in [-0.2, -0.15) is 0 Å². The van der Waals surface area contributed by atoms with Crippen molar-refractivity contribution in [2.24, 2.45) is 0 Å². The third-order valence-electron chi connectivity index (χ3n) is 3.44. The van der Waals surface area contributed by atoms with Crippen LogP contribution in [0, 0.1) is 0 Å². The van der Waals surface area contributed by atoms with E-state index in [0.29, 0.717) is 17.3 Å². The normalized spacial score (nSPS) is 10.4. The Morgan fingerprint density at radius 2 is 1.75 bits per heavy atom. The number of nitrogens with zero attached hydrogens (tertiary/aromatic N) is 1. The Bertz CT molecular complexity index is 773. The lowest BCUT2D eigenvalue weighted by Crippen LogP contribution is -2.34. The number of carbonyl (C=O) groups excluding carboxylic acids is 1. The maximum Gasteiger partial charge on any atom is 0.265 e. The first kappa shape index (κ1) is 16.6. The van der Waals surface area contributed by atoms with Crippen molar-refractivity contribution in [3.63, 3.8) is 0 Å². The first-order chi connectivity index (χ1) is 11.7. The molecule has 3 aromatic rings. The zero-order valence-corrected chi connectivity index (χ0v) is 14.5. The van der Waals surface area contributed by atoms with E-state index in [1.165, 1.54) is 0 Å². The van der Waals surface area contributed by atoms with E-state index in [1.54, 1.807) is 40.5 Å². The molecule has 0 unspecified atom stereocenters. The summed E-state index contributed by atoms with van der Waals surface area (Å²) in [4.78, 5) is 15.6. The lowest BCUT2D eigenvalue weighted by Gasteiger charge is -2.22. The average Bonchev–Trinajstić information content (AvgIpc) is 3.13. The van der Waals surface area contributed by atoms with Gasteiger partial charge in [0.2, 0.25) is 0 Å². The number of ether oxygens (including phenoxy) is 1. The minimum atomic E-state index is -0.0930. The molecule has 24 heavy (non-hydrogen) atoms. The lowest BCUT2D eigenvalue weighted by atomic mass is 10.2. The van der Waals surface area contributed by atoms with Crippen LogP contribution in [0.2, 0.25) is 5.02 Å². The summed E-state index contributed by atoms with van der Waals surface area (Å²) in [5.41, 5.74) is 0.857. The topological polar surface area (TPSA) is 29.5 Å². The summed E-state index contributed by atoms with van der Waals surface area (Å²) in [5, 5.41) is 2.64. The Morgan fingerprint density at radius 3 is 2.42 bits per heavy atom. The molecule has 0 radical (unpaired) electrons. The second kappa shape index (κ2) is 7.99. The van der Waals surface area contributed by atoms with Crippen molar-refractivity contribution in [2.75, 3.05) is 11.5 Å². The molecule has 5 heteroatoms. The largest absolute Gasteiger partial charge is 0.484 e. The van der Waals surface area contributed by atoms with Crippen LogP contribution >= 0.6 is 22.9 Å². The molecule has 122 valence electrons. The molecule has 0 fully saturated rings. The molecule has 0 aliphatic carbocycles. The molecule has 1 amide bonds. The van der Waals surface area contributed by atoms with E-state index in [4.69, 9.17) is 16.3 Å². The molecule has 3 nitrogen and oxygen atoms in total. The van der Waals surface area contributed by atoms with Crippen molar-refractivity contribution < 1.29 is 9.53 Å². The van der Waals surface area contributed by atoms with Gasteiger partial charge in [-0.05, 0) is 47.8 Å². The summed E-state index contributed by atoms with van der Waals surface area (Å²) in [6, 6.07) is 20.6. The van der Waals surface area contributed by atoms with E-state index in [-0.39, 0.29) is 12.5 Å². The van der Waals surface area contributed by atoms with E-state index < -0.39 is 0 Å². The van der Waals surface area contributed by atoms with Gasteiger partial charge in [-0.25, -0.2) is 0 Å². The highest BCUT2D eigenvalue weighted by Gasteiger charge is 2.17. The smallest absolute Gasteiger partial charge is 0.265 e. The molecule has 0 aliphatic rings. The molecule has 0 N–H and O–H groups in total. The molecule has 2 aromatic carbocycles. The van der Waals surface area contributed by atoms with Crippen molar-refractivity contribution in [3.05, 3.63) is 82.0 Å². The molecule has 0 saturated heterocycles. The van der Waals surface area contributed by atoms with Crippen LogP contribution in [0.4, 0.5) is 5.69 Å². The number of anilines is 1. The van der Waals surface area contributed by atoms with Crippen molar-refractivity contribution in [1.82, 2.24) is 0 Å². The average molecular weight is 358 g/mol. The van der Waals surface area contributed by atoms with E-state index in [2.05, 4.69) is 0 Å². The van der Waals surface area contributed by atoms with Gasteiger partial charge in [0.05, 0.1) is 6.54 Å². The van der Waals surface area contributed by atoms with Gasteiger partial charge in [-0.1, -0.05) is 35.9 Å². The Hall–Kier alpha value is -2.30. The third-order valence-corrected chi connectivity index (χ3v) is 4.55. The number of carbonyl (C=O) groups is 1. The number of hydrogen-bond acceptors (Lipinski definition) is 3. The van der Waals surface area contributed by atoms with Crippen molar-refractivity contribution in [2.45, 2.75) is 6.54 Å². The number of halogens is 1. The predicted molar refractivity (Wildman–Crippen MR) is 98.9 cm³/mol. The van der Waals surface area contributed by atoms with Crippen LogP contribution in [0.15, 0.2) is 72.1 Å². The fraction of sp³-hybridized carbons (Fsp3) is 0.105. The highest BCUT2D eigenvalue weighted by atomic mass is 35.5. The minimum Gasteiger partial charge on any atom is -0.484 e. The molecule has 0 aliphatic heterocycles. The predicted octanol–water partition coefficient (Wildman–Crippen LogP) is 5.01. The van der Waals surface area contributed by atoms with Gasteiger partial charge in [0, 0.05) is 15.6 Å². The SMILES string of the molecule is O=C(COc1ccc(Cl)cc1)N(Cc1cccs1)c1ccccc1. The van der Waals surface area contributed by atoms with Crippen molar-refractivity contribution >= 4 is 34.5 Å². The van der Waals surface area contributed by atoms with E-state index >= 15 is 0 Å². The lowest BCUT2D eigenvalue weighted by molar-refractivity contribution is -0.120. The Kier molecular flexibility index (Phi) is 5.51. The zero-order valence-electron chi connectivity index (χ0n) is 12.9. The zero-order chi connectivity index (χ0) is 16.8. The fourth-order valence-electron chi connectivity index (χ4n) is 2.24. The Morgan fingerprint density at radius 1 is 1.00 bits per heavy atom. The first-order valence-electron chi connectivity index (χ1n) is 7.48. The van der Waals surface area contributed by atoms with Crippen molar-refractivity contribution in [3.8, 4) is 5.75 Å². The molecular weight excluding hydrogens is 342 g/mol. The molecule has 1 aromatic heterocycles. The number of hydrogen-bond donors (Lipinski definition) is 0. The number of thiophene rings is 1. The summed E-state index contributed by atoms with van der Waals surface area (Å²) >= 11 is 7.48. The van der Waals surface area contributed by atoms with Crippen LogP contribution < -0.4 is 9.64 Å². The Balaban J connectivity index is 1.72.